The van der Waals surface area contributed by atoms with Crippen molar-refractivity contribution < 1.29 is 4.74 Å². The van der Waals surface area contributed by atoms with Gasteiger partial charge in [-0.05, 0) is 19.9 Å². The van der Waals surface area contributed by atoms with Crippen molar-refractivity contribution in [1.29, 1.82) is 0 Å². The highest BCUT2D eigenvalue weighted by molar-refractivity contribution is 5.07. The van der Waals surface area contributed by atoms with Crippen LogP contribution in [0.5, 0.6) is 0 Å². The van der Waals surface area contributed by atoms with Crippen LogP contribution in [0.25, 0.3) is 0 Å². The Hall–Kier alpha value is -1.13. The Morgan fingerprint density at radius 1 is 1.56 bits per heavy atom. The molecular formula is C12H20N2O2. The van der Waals surface area contributed by atoms with Crippen LogP contribution in [0.15, 0.2) is 23.1 Å². The van der Waals surface area contributed by atoms with E-state index in [1.54, 1.807) is 11.7 Å². The van der Waals surface area contributed by atoms with Crippen molar-refractivity contribution in [3.8, 4) is 0 Å². The van der Waals surface area contributed by atoms with E-state index in [1.807, 2.05) is 25.3 Å². The quantitative estimate of drug-likeness (QED) is 0.776. The third kappa shape index (κ3) is 3.79. The lowest BCUT2D eigenvalue weighted by Crippen LogP contribution is -2.34. The Labute approximate surface area is 96.2 Å². The largest absolute Gasteiger partial charge is 0.383 e. The van der Waals surface area contributed by atoms with Crippen molar-refractivity contribution >= 4 is 0 Å². The highest BCUT2D eigenvalue weighted by atomic mass is 16.5. The second-order valence-corrected chi connectivity index (χ2v) is 4.00. The molecule has 0 radical (unpaired) electrons. The van der Waals surface area contributed by atoms with Crippen molar-refractivity contribution in [1.82, 2.24) is 9.88 Å². The van der Waals surface area contributed by atoms with Gasteiger partial charge in [-0.25, -0.2) is 0 Å². The number of ether oxygens (including phenoxy) is 1. The van der Waals surface area contributed by atoms with Crippen LogP contribution >= 0.6 is 0 Å². The summed E-state index contributed by atoms with van der Waals surface area (Å²) >= 11 is 0. The van der Waals surface area contributed by atoms with E-state index in [2.05, 4.69) is 12.2 Å². The number of nitrogens with zero attached hydrogens (tertiary/aromatic N) is 1. The number of rotatable bonds is 6. The fourth-order valence-corrected chi connectivity index (χ4v) is 1.57. The predicted molar refractivity (Wildman–Crippen MR) is 64.8 cm³/mol. The van der Waals surface area contributed by atoms with Crippen LogP contribution < -0.4 is 10.9 Å². The monoisotopic (exact) mass is 224 g/mol. The number of nitrogens with one attached hydrogen (secondary N) is 1. The van der Waals surface area contributed by atoms with Gasteiger partial charge < -0.3 is 14.6 Å². The van der Waals surface area contributed by atoms with Gasteiger partial charge in [0.1, 0.15) is 0 Å². The number of hydrogen-bond acceptors (Lipinski definition) is 3. The molecule has 16 heavy (non-hydrogen) atoms. The first-order valence-corrected chi connectivity index (χ1v) is 5.53. The Kier molecular flexibility index (Phi) is 5.22. The van der Waals surface area contributed by atoms with Crippen molar-refractivity contribution in [2.45, 2.75) is 26.4 Å². The Morgan fingerprint density at radius 3 is 3.00 bits per heavy atom. The predicted octanol–water partition coefficient (Wildman–Crippen LogP) is 0.781. The lowest BCUT2D eigenvalue weighted by Gasteiger charge is -2.13. The SMILES string of the molecule is COCC(C)NCCn1cccc(C)c1=O. The molecule has 1 unspecified atom stereocenters. The fraction of sp³-hybridized carbons (Fsp3) is 0.583. The van der Waals surface area contributed by atoms with Gasteiger partial charge in [-0.1, -0.05) is 6.07 Å². The number of pyridine rings is 1. The second-order valence-electron chi connectivity index (χ2n) is 4.00. The zero-order valence-corrected chi connectivity index (χ0v) is 10.2. The van der Waals surface area contributed by atoms with E-state index in [0.29, 0.717) is 19.2 Å². The normalized spacial score (nSPS) is 12.7. The Balaban J connectivity index is 2.43. The molecule has 0 aliphatic rings. The van der Waals surface area contributed by atoms with Crippen LogP contribution in [0.4, 0.5) is 0 Å². The number of methoxy groups -OCH3 is 1. The molecule has 1 atom stereocenters. The van der Waals surface area contributed by atoms with Crippen LogP contribution in [0.2, 0.25) is 0 Å². The average molecular weight is 224 g/mol. The standard InChI is InChI=1S/C12H20N2O2/c1-10-5-4-7-14(12(10)15)8-6-13-11(2)9-16-3/h4-5,7,11,13H,6,8-9H2,1-3H3. The molecule has 0 aliphatic carbocycles. The number of aryl methyl sites for hydroxylation is 1. The maximum atomic E-state index is 11.7. The molecule has 90 valence electrons. The molecule has 1 N–H and O–H groups in total. The molecule has 1 rings (SSSR count). The van der Waals surface area contributed by atoms with E-state index in [1.165, 1.54) is 0 Å². The summed E-state index contributed by atoms with van der Waals surface area (Å²) in [6.07, 6.45) is 1.82. The maximum absolute atomic E-state index is 11.7. The van der Waals surface area contributed by atoms with Crippen molar-refractivity contribution in [3.05, 3.63) is 34.2 Å². The van der Waals surface area contributed by atoms with Gasteiger partial charge >= 0.3 is 0 Å². The fourth-order valence-electron chi connectivity index (χ4n) is 1.57. The molecule has 1 aromatic rings. The van der Waals surface area contributed by atoms with Crippen molar-refractivity contribution in [2.24, 2.45) is 0 Å². The molecule has 0 aromatic carbocycles. The van der Waals surface area contributed by atoms with Gasteiger partial charge in [0.25, 0.3) is 5.56 Å². The van der Waals surface area contributed by atoms with E-state index < -0.39 is 0 Å². The van der Waals surface area contributed by atoms with Gasteiger partial charge in [-0.15, -0.1) is 0 Å². The van der Waals surface area contributed by atoms with E-state index >= 15 is 0 Å². The van der Waals surface area contributed by atoms with Gasteiger partial charge in [0.05, 0.1) is 6.61 Å². The van der Waals surface area contributed by atoms with Gasteiger partial charge in [0, 0.05) is 38.0 Å². The molecule has 1 heterocycles. The number of hydrogen-bond donors (Lipinski definition) is 1. The molecule has 0 saturated heterocycles. The second kappa shape index (κ2) is 6.45. The first kappa shape index (κ1) is 12.9. The zero-order valence-electron chi connectivity index (χ0n) is 10.2. The summed E-state index contributed by atoms with van der Waals surface area (Å²) in [5, 5.41) is 3.29. The molecule has 1 aromatic heterocycles. The molecular weight excluding hydrogens is 204 g/mol. The summed E-state index contributed by atoms with van der Waals surface area (Å²) in [5.41, 5.74) is 0.871. The molecule has 0 amide bonds. The smallest absolute Gasteiger partial charge is 0.253 e. The van der Waals surface area contributed by atoms with Crippen molar-refractivity contribution in [2.75, 3.05) is 20.3 Å². The third-order valence-corrected chi connectivity index (χ3v) is 2.47. The average Bonchev–Trinajstić information content (AvgIpc) is 2.25. The minimum absolute atomic E-state index is 0.0868. The highest BCUT2D eigenvalue weighted by Gasteiger charge is 2.01. The minimum atomic E-state index is 0.0868. The molecule has 0 fully saturated rings. The van der Waals surface area contributed by atoms with Crippen LogP contribution in [0.1, 0.15) is 12.5 Å². The topological polar surface area (TPSA) is 43.3 Å². The van der Waals surface area contributed by atoms with E-state index in [-0.39, 0.29) is 5.56 Å². The molecule has 4 nitrogen and oxygen atoms in total. The number of aromatic nitrogens is 1. The molecule has 0 bridgehead atoms. The summed E-state index contributed by atoms with van der Waals surface area (Å²) in [7, 11) is 1.68. The van der Waals surface area contributed by atoms with Crippen molar-refractivity contribution in [3.63, 3.8) is 0 Å². The maximum Gasteiger partial charge on any atom is 0.253 e. The summed E-state index contributed by atoms with van der Waals surface area (Å²) in [6.45, 7) is 6.04. The van der Waals surface area contributed by atoms with Gasteiger partial charge in [-0.3, -0.25) is 4.79 Å². The van der Waals surface area contributed by atoms with E-state index in [9.17, 15) is 4.79 Å². The van der Waals surface area contributed by atoms with Crippen LogP contribution in [-0.4, -0.2) is 30.9 Å². The first-order chi connectivity index (χ1) is 7.65. The summed E-state index contributed by atoms with van der Waals surface area (Å²) in [4.78, 5) is 11.7. The summed E-state index contributed by atoms with van der Waals surface area (Å²) in [6, 6.07) is 4.04. The highest BCUT2D eigenvalue weighted by Crippen LogP contribution is 1.89. The summed E-state index contributed by atoms with van der Waals surface area (Å²) in [5.74, 6) is 0. The molecule has 0 saturated carbocycles. The van der Waals surface area contributed by atoms with E-state index in [4.69, 9.17) is 4.74 Å². The van der Waals surface area contributed by atoms with Gasteiger partial charge in [0.15, 0.2) is 0 Å². The van der Waals surface area contributed by atoms with E-state index in [0.717, 1.165) is 12.1 Å². The first-order valence-electron chi connectivity index (χ1n) is 5.53. The summed E-state index contributed by atoms with van der Waals surface area (Å²) < 4.78 is 6.74. The van der Waals surface area contributed by atoms with Crippen LogP contribution in [0, 0.1) is 6.92 Å². The molecule has 4 heteroatoms. The lowest BCUT2D eigenvalue weighted by molar-refractivity contribution is 0.172. The van der Waals surface area contributed by atoms with Crippen LogP contribution in [0.3, 0.4) is 0 Å². The van der Waals surface area contributed by atoms with Gasteiger partial charge in [-0.2, -0.15) is 0 Å². The van der Waals surface area contributed by atoms with Crippen LogP contribution in [-0.2, 0) is 11.3 Å². The third-order valence-electron chi connectivity index (χ3n) is 2.47. The molecule has 0 spiro atoms. The molecule has 0 aliphatic heterocycles. The zero-order chi connectivity index (χ0) is 12.0. The van der Waals surface area contributed by atoms with Gasteiger partial charge in [0.2, 0.25) is 0 Å². The Morgan fingerprint density at radius 2 is 2.31 bits per heavy atom. The lowest BCUT2D eigenvalue weighted by atomic mass is 10.3. The minimum Gasteiger partial charge on any atom is -0.383 e. The Bertz CT molecular complexity index is 374.